The van der Waals surface area contributed by atoms with Crippen molar-refractivity contribution in [3.8, 4) is 0 Å². The molecule has 0 aliphatic heterocycles. The Morgan fingerprint density at radius 3 is 2.67 bits per heavy atom. The van der Waals surface area contributed by atoms with E-state index in [-0.39, 0.29) is 23.8 Å². The minimum atomic E-state index is -0.108. The van der Waals surface area contributed by atoms with Crippen LogP contribution < -0.4 is 10.6 Å². The number of aromatic amines is 1. The number of nitrogens with one attached hydrogen (secondary N) is 3. The summed E-state index contributed by atoms with van der Waals surface area (Å²) in [6, 6.07) is 7.44. The van der Waals surface area contributed by atoms with E-state index in [9.17, 15) is 9.59 Å². The number of amides is 2. The molecule has 1 aromatic heterocycles. The Morgan fingerprint density at radius 1 is 1.21 bits per heavy atom. The maximum absolute atomic E-state index is 12.4. The molecule has 0 radical (unpaired) electrons. The topological polar surface area (TPSA) is 74.0 Å². The van der Waals surface area contributed by atoms with Gasteiger partial charge in [0, 0.05) is 34.4 Å². The Hall–Kier alpha value is -2.01. The summed E-state index contributed by atoms with van der Waals surface area (Å²) in [4.78, 5) is 27.4. The van der Waals surface area contributed by atoms with E-state index < -0.39 is 0 Å². The number of fused-ring (bicyclic) bond motifs is 1. The first-order chi connectivity index (χ1) is 11.6. The lowest BCUT2D eigenvalue weighted by Gasteiger charge is -2.28. The van der Waals surface area contributed by atoms with Gasteiger partial charge in [-0.15, -0.1) is 0 Å². The lowest BCUT2D eigenvalue weighted by atomic mass is 9.85. The number of H-pyrrole nitrogens is 1. The predicted octanol–water partition coefficient (Wildman–Crippen LogP) is 3.25. The van der Waals surface area contributed by atoms with Gasteiger partial charge in [-0.25, -0.2) is 0 Å². The van der Waals surface area contributed by atoms with Crippen molar-refractivity contribution >= 4 is 34.3 Å². The standard InChI is InChI=1S/C18H22ClN3O2/c1-2-20-17(23)11-3-6-14(7-4-11)21-18(24)16-10-12-9-13(19)5-8-15(12)22-16/h5,8-11,14,22H,2-4,6-7H2,1H3,(H,20,23)(H,21,24)/t11-,14-. The minimum absolute atomic E-state index is 0.0771. The van der Waals surface area contributed by atoms with Crippen LogP contribution in [0.3, 0.4) is 0 Å². The van der Waals surface area contributed by atoms with E-state index in [1.165, 1.54) is 0 Å². The second kappa shape index (κ2) is 7.26. The Morgan fingerprint density at radius 2 is 1.96 bits per heavy atom. The van der Waals surface area contributed by atoms with Crippen LogP contribution in [0.25, 0.3) is 10.9 Å². The quantitative estimate of drug-likeness (QED) is 0.794. The number of aromatic nitrogens is 1. The second-order valence-electron chi connectivity index (χ2n) is 6.33. The molecule has 2 aromatic rings. The summed E-state index contributed by atoms with van der Waals surface area (Å²) in [7, 11) is 0. The van der Waals surface area contributed by atoms with Gasteiger partial charge in [0.2, 0.25) is 5.91 Å². The lowest BCUT2D eigenvalue weighted by Crippen LogP contribution is -2.40. The zero-order valence-corrected chi connectivity index (χ0v) is 14.5. The Balaban J connectivity index is 1.58. The molecule has 3 N–H and O–H groups in total. The summed E-state index contributed by atoms with van der Waals surface area (Å²) in [6.07, 6.45) is 3.30. The van der Waals surface area contributed by atoms with Crippen LogP contribution in [0.5, 0.6) is 0 Å². The SMILES string of the molecule is CCNC(=O)[C@H]1CC[C@H](NC(=O)c2cc3cc(Cl)ccc3[nH]2)CC1. The normalized spacial score (nSPS) is 20.8. The van der Waals surface area contributed by atoms with Gasteiger partial charge in [0.15, 0.2) is 0 Å². The number of carbonyl (C=O) groups excluding carboxylic acids is 2. The molecule has 1 aliphatic carbocycles. The van der Waals surface area contributed by atoms with Crippen molar-refractivity contribution in [2.75, 3.05) is 6.54 Å². The molecule has 1 aliphatic rings. The zero-order chi connectivity index (χ0) is 17.1. The van der Waals surface area contributed by atoms with Gasteiger partial charge in [-0.3, -0.25) is 9.59 Å². The maximum Gasteiger partial charge on any atom is 0.267 e. The molecular formula is C18H22ClN3O2. The van der Waals surface area contributed by atoms with Crippen LogP contribution in [0.2, 0.25) is 5.02 Å². The van der Waals surface area contributed by atoms with Crippen LogP contribution in [0.4, 0.5) is 0 Å². The largest absolute Gasteiger partial charge is 0.356 e. The average molecular weight is 348 g/mol. The molecule has 0 bridgehead atoms. The van der Waals surface area contributed by atoms with Crippen LogP contribution in [-0.4, -0.2) is 29.4 Å². The summed E-state index contributed by atoms with van der Waals surface area (Å²) in [5.41, 5.74) is 1.43. The van der Waals surface area contributed by atoms with Crippen molar-refractivity contribution in [2.45, 2.75) is 38.6 Å². The van der Waals surface area contributed by atoms with Crippen LogP contribution in [0, 0.1) is 5.92 Å². The molecule has 0 spiro atoms. The highest BCUT2D eigenvalue weighted by Crippen LogP contribution is 2.25. The fraction of sp³-hybridized carbons (Fsp3) is 0.444. The summed E-state index contributed by atoms with van der Waals surface area (Å²) in [5.74, 6) is 0.104. The van der Waals surface area contributed by atoms with Crippen molar-refractivity contribution < 1.29 is 9.59 Å². The van der Waals surface area contributed by atoms with E-state index in [1.54, 1.807) is 6.07 Å². The highest BCUT2D eigenvalue weighted by molar-refractivity contribution is 6.31. The van der Waals surface area contributed by atoms with Gasteiger partial charge in [0.05, 0.1) is 0 Å². The van der Waals surface area contributed by atoms with Crippen molar-refractivity contribution in [2.24, 2.45) is 5.92 Å². The lowest BCUT2D eigenvalue weighted by molar-refractivity contribution is -0.125. The second-order valence-corrected chi connectivity index (χ2v) is 6.77. The van der Waals surface area contributed by atoms with E-state index in [2.05, 4.69) is 15.6 Å². The van der Waals surface area contributed by atoms with Gasteiger partial charge in [0.25, 0.3) is 5.91 Å². The zero-order valence-electron chi connectivity index (χ0n) is 13.7. The molecule has 24 heavy (non-hydrogen) atoms. The number of hydrogen-bond donors (Lipinski definition) is 3. The number of hydrogen-bond acceptors (Lipinski definition) is 2. The summed E-state index contributed by atoms with van der Waals surface area (Å²) in [5, 5.41) is 7.52. The molecule has 1 heterocycles. The third-order valence-electron chi connectivity index (χ3n) is 4.61. The van der Waals surface area contributed by atoms with Crippen LogP contribution in [0.1, 0.15) is 43.1 Å². The van der Waals surface area contributed by atoms with Crippen molar-refractivity contribution in [3.05, 3.63) is 35.0 Å². The van der Waals surface area contributed by atoms with Crippen molar-refractivity contribution in [1.82, 2.24) is 15.6 Å². The minimum Gasteiger partial charge on any atom is -0.356 e. The maximum atomic E-state index is 12.4. The first-order valence-electron chi connectivity index (χ1n) is 8.43. The molecule has 3 rings (SSSR count). The third kappa shape index (κ3) is 3.73. The van der Waals surface area contributed by atoms with E-state index in [1.807, 2.05) is 25.1 Å². The molecule has 128 valence electrons. The van der Waals surface area contributed by atoms with Crippen molar-refractivity contribution in [1.29, 1.82) is 0 Å². The Labute approximate surface area is 146 Å². The number of benzene rings is 1. The molecule has 2 amide bonds. The summed E-state index contributed by atoms with van der Waals surface area (Å²) < 4.78 is 0. The fourth-order valence-electron chi connectivity index (χ4n) is 3.31. The monoisotopic (exact) mass is 347 g/mol. The third-order valence-corrected chi connectivity index (χ3v) is 4.85. The van der Waals surface area contributed by atoms with Gasteiger partial charge in [0.1, 0.15) is 5.69 Å². The fourth-order valence-corrected chi connectivity index (χ4v) is 3.49. The summed E-state index contributed by atoms with van der Waals surface area (Å²) in [6.45, 7) is 2.59. The highest BCUT2D eigenvalue weighted by Gasteiger charge is 2.27. The molecule has 6 heteroatoms. The van der Waals surface area contributed by atoms with Crippen LogP contribution in [0.15, 0.2) is 24.3 Å². The average Bonchev–Trinajstić information content (AvgIpc) is 2.99. The highest BCUT2D eigenvalue weighted by atomic mass is 35.5. The van der Waals surface area contributed by atoms with E-state index in [0.717, 1.165) is 36.6 Å². The van der Waals surface area contributed by atoms with E-state index in [4.69, 9.17) is 11.6 Å². The van der Waals surface area contributed by atoms with Crippen LogP contribution in [-0.2, 0) is 4.79 Å². The number of carbonyl (C=O) groups is 2. The number of halogens is 1. The first kappa shape index (κ1) is 16.8. The van der Waals surface area contributed by atoms with Gasteiger partial charge in [-0.05, 0) is 56.9 Å². The molecule has 5 nitrogen and oxygen atoms in total. The van der Waals surface area contributed by atoms with E-state index in [0.29, 0.717) is 17.3 Å². The molecular weight excluding hydrogens is 326 g/mol. The molecule has 0 saturated heterocycles. The van der Waals surface area contributed by atoms with Gasteiger partial charge < -0.3 is 15.6 Å². The Kier molecular flexibility index (Phi) is 5.09. The van der Waals surface area contributed by atoms with E-state index >= 15 is 0 Å². The predicted molar refractivity (Wildman–Crippen MR) is 95.2 cm³/mol. The molecule has 1 fully saturated rings. The van der Waals surface area contributed by atoms with Crippen molar-refractivity contribution in [3.63, 3.8) is 0 Å². The first-order valence-corrected chi connectivity index (χ1v) is 8.81. The summed E-state index contributed by atoms with van der Waals surface area (Å²) >= 11 is 5.98. The molecule has 0 unspecified atom stereocenters. The molecule has 0 atom stereocenters. The van der Waals surface area contributed by atoms with Crippen LogP contribution >= 0.6 is 11.6 Å². The van der Waals surface area contributed by atoms with Gasteiger partial charge >= 0.3 is 0 Å². The Bertz CT molecular complexity index is 748. The molecule has 1 saturated carbocycles. The number of rotatable bonds is 4. The smallest absolute Gasteiger partial charge is 0.267 e. The molecule has 1 aromatic carbocycles. The van der Waals surface area contributed by atoms with Gasteiger partial charge in [-0.2, -0.15) is 0 Å². The van der Waals surface area contributed by atoms with Gasteiger partial charge in [-0.1, -0.05) is 11.6 Å².